The second kappa shape index (κ2) is 14.8. The summed E-state index contributed by atoms with van der Waals surface area (Å²) in [6.45, 7) is 2.58. The maximum absolute atomic E-state index is 15.2. The van der Waals surface area contributed by atoms with Crippen LogP contribution in [0.4, 0.5) is 10.1 Å². The molecule has 0 aliphatic carbocycles. The van der Waals surface area contributed by atoms with Gasteiger partial charge in [0.15, 0.2) is 0 Å². The number of benzene rings is 5. The number of anilines is 1. The van der Waals surface area contributed by atoms with E-state index in [2.05, 4.69) is 34.5 Å². The zero-order valence-corrected chi connectivity index (χ0v) is 26.4. The number of piperazine rings is 1. The van der Waals surface area contributed by atoms with E-state index in [-0.39, 0.29) is 23.4 Å². The minimum atomic E-state index is -3.65. The minimum absolute atomic E-state index is 0.0926. The van der Waals surface area contributed by atoms with E-state index in [4.69, 9.17) is 9.47 Å². The van der Waals surface area contributed by atoms with Gasteiger partial charge in [-0.2, -0.15) is 4.39 Å². The van der Waals surface area contributed by atoms with Gasteiger partial charge in [0.05, 0.1) is 6.04 Å². The van der Waals surface area contributed by atoms with Crippen LogP contribution in [0.2, 0.25) is 0 Å². The van der Waals surface area contributed by atoms with Gasteiger partial charge in [0.2, 0.25) is 0 Å². The average Bonchev–Trinajstić information content (AvgIpc) is 3.14. The average molecular weight is 660 g/mol. The van der Waals surface area contributed by atoms with Crippen molar-refractivity contribution in [1.82, 2.24) is 9.80 Å². The molecule has 49 heavy (non-hydrogen) atoms. The van der Waals surface area contributed by atoms with Gasteiger partial charge in [-0.15, -0.1) is 0 Å². The van der Waals surface area contributed by atoms with E-state index in [9.17, 15) is 19.5 Å². The van der Waals surface area contributed by atoms with Gasteiger partial charge in [-0.25, -0.2) is 4.79 Å². The molecule has 0 spiro atoms. The largest absolute Gasteiger partial charge is 0.476 e. The third-order valence-electron chi connectivity index (χ3n) is 8.19. The second-order valence-corrected chi connectivity index (χ2v) is 11.5. The fraction of sp³-hybridized carbons (Fsp3) is 0.154. The molecule has 0 radical (unpaired) electrons. The van der Waals surface area contributed by atoms with Crippen molar-refractivity contribution >= 4 is 23.5 Å². The first-order chi connectivity index (χ1) is 23.8. The summed E-state index contributed by atoms with van der Waals surface area (Å²) < 4.78 is 26.0. The van der Waals surface area contributed by atoms with Crippen LogP contribution >= 0.6 is 0 Å². The molecule has 5 aromatic carbocycles. The van der Waals surface area contributed by atoms with E-state index in [0.717, 1.165) is 0 Å². The van der Waals surface area contributed by atoms with Crippen LogP contribution < -0.4 is 14.8 Å². The monoisotopic (exact) mass is 659 g/mol. The fourth-order valence-electron chi connectivity index (χ4n) is 5.74. The van der Waals surface area contributed by atoms with Crippen molar-refractivity contribution < 1.29 is 33.4 Å². The van der Waals surface area contributed by atoms with Gasteiger partial charge in [-0.3, -0.25) is 14.5 Å². The molecular weight excluding hydrogens is 625 g/mol. The maximum Gasteiger partial charge on any atom is 0.425 e. The number of carbonyl (C=O) groups excluding carboxylic acids is 2. The van der Waals surface area contributed by atoms with Crippen LogP contribution in [0, 0.1) is 0 Å². The maximum atomic E-state index is 15.2. The number of aliphatic carboxylic acids is 1. The summed E-state index contributed by atoms with van der Waals surface area (Å²) in [6.07, 6.45) is 0. The lowest BCUT2D eigenvalue weighted by atomic mass is 9.96. The third kappa shape index (κ3) is 7.77. The Hall–Kier alpha value is -6.00. The number of halogens is 1. The predicted molar refractivity (Wildman–Crippen MR) is 182 cm³/mol. The molecule has 1 heterocycles. The van der Waals surface area contributed by atoms with Crippen LogP contribution in [0.1, 0.15) is 27.5 Å². The number of ether oxygens (including phenoxy) is 2. The molecule has 1 fully saturated rings. The predicted octanol–water partition coefficient (Wildman–Crippen LogP) is 6.79. The Morgan fingerprint density at radius 2 is 1.22 bits per heavy atom. The van der Waals surface area contributed by atoms with Gasteiger partial charge in [0.25, 0.3) is 5.91 Å². The Labute approximate surface area is 283 Å². The zero-order chi connectivity index (χ0) is 34.2. The number of hydrogen-bond acceptors (Lipinski definition) is 6. The molecule has 1 unspecified atom stereocenters. The van der Waals surface area contributed by atoms with Gasteiger partial charge in [-0.05, 0) is 65.7 Å². The first-order valence-electron chi connectivity index (χ1n) is 15.8. The molecule has 9 nitrogen and oxygen atoms in total. The lowest BCUT2D eigenvalue weighted by Gasteiger charge is -2.39. The van der Waals surface area contributed by atoms with E-state index >= 15 is 4.39 Å². The number of rotatable bonds is 11. The Bertz CT molecular complexity index is 1850. The quantitative estimate of drug-likeness (QED) is 0.150. The van der Waals surface area contributed by atoms with Crippen LogP contribution in [0.15, 0.2) is 140 Å². The highest BCUT2D eigenvalue weighted by atomic mass is 19.2. The van der Waals surface area contributed by atoms with Crippen molar-refractivity contribution in [2.75, 3.05) is 31.5 Å². The van der Waals surface area contributed by atoms with E-state index < -0.39 is 17.7 Å². The summed E-state index contributed by atoms with van der Waals surface area (Å²) in [5.41, 5.74) is 3.04. The van der Waals surface area contributed by atoms with Crippen LogP contribution in [0.25, 0.3) is 0 Å². The van der Waals surface area contributed by atoms with Gasteiger partial charge >= 0.3 is 17.7 Å². The highest BCUT2D eigenvalue weighted by Crippen LogP contribution is 2.30. The Morgan fingerprint density at radius 3 is 1.80 bits per heavy atom. The second-order valence-electron chi connectivity index (χ2n) is 11.5. The molecule has 1 atom stereocenters. The van der Waals surface area contributed by atoms with Crippen molar-refractivity contribution in [1.29, 1.82) is 0 Å². The summed E-state index contributed by atoms with van der Waals surface area (Å²) in [5, 5.41) is 11.6. The minimum Gasteiger partial charge on any atom is -0.476 e. The highest BCUT2D eigenvalue weighted by Gasteiger charge is 2.50. The van der Waals surface area contributed by atoms with Gasteiger partial charge < -0.3 is 24.8 Å². The van der Waals surface area contributed by atoms with Crippen molar-refractivity contribution in [2.24, 2.45) is 0 Å². The Balaban J connectivity index is 1.07. The molecular formula is C39H34FN3O6. The van der Waals surface area contributed by atoms with Gasteiger partial charge in [0.1, 0.15) is 17.2 Å². The van der Waals surface area contributed by atoms with Crippen molar-refractivity contribution in [3.63, 3.8) is 0 Å². The van der Waals surface area contributed by atoms with E-state index in [1.807, 2.05) is 41.3 Å². The molecule has 6 rings (SSSR count). The third-order valence-corrected chi connectivity index (χ3v) is 8.19. The number of carbonyl (C=O) groups is 3. The molecule has 2 amide bonds. The number of alkyl halides is 1. The fourth-order valence-corrected chi connectivity index (χ4v) is 5.74. The number of nitrogens with one attached hydrogen (secondary N) is 1. The molecule has 5 aromatic rings. The smallest absolute Gasteiger partial charge is 0.425 e. The molecule has 0 saturated carbocycles. The normalized spacial score (nSPS) is 14.4. The summed E-state index contributed by atoms with van der Waals surface area (Å²) in [4.78, 5) is 42.0. The van der Waals surface area contributed by atoms with Crippen molar-refractivity contribution in [3.8, 4) is 17.2 Å². The van der Waals surface area contributed by atoms with Gasteiger partial charge in [0, 0.05) is 37.4 Å². The number of hydrogen-bond donors (Lipinski definition) is 2. The summed E-state index contributed by atoms with van der Waals surface area (Å²) in [5.74, 6) is -6.64. The summed E-state index contributed by atoms with van der Waals surface area (Å²) in [7, 11) is 0. The molecule has 10 heteroatoms. The molecule has 2 N–H and O–H groups in total. The Kier molecular flexibility index (Phi) is 9.96. The van der Waals surface area contributed by atoms with E-state index in [0.29, 0.717) is 43.2 Å². The van der Waals surface area contributed by atoms with E-state index in [1.165, 1.54) is 59.7 Å². The SMILES string of the molecule is O=C(c1cccc(Oc2ccc(NC(=O)C(F)(Oc3ccccc3)C(=O)O)cc2)c1)N1CCN(C(c2ccccc2)c2ccccc2)CC1. The van der Waals surface area contributed by atoms with E-state index in [1.54, 1.807) is 30.3 Å². The lowest BCUT2D eigenvalue weighted by molar-refractivity contribution is -0.178. The topological polar surface area (TPSA) is 108 Å². The van der Waals surface area contributed by atoms with Crippen molar-refractivity contribution in [2.45, 2.75) is 11.9 Å². The lowest BCUT2D eigenvalue weighted by Crippen LogP contribution is -2.50. The molecule has 248 valence electrons. The first-order valence-corrected chi connectivity index (χ1v) is 15.8. The van der Waals surface area contributed by atoms with Crippen LogP contribution in [0.5, 0.6) is 17.2 Å². The number of amides is 2. The molecule has 1 saturated heterocycles. The van der Waals surface area contributed by atoms with Crippen LogP contribution in [0.3, 0.4) is 0 Å². The highest BCUT2D eigenvalue weighted by molar-refractivity contribution is 6.10. The summed E-state index contributed by atoms with van der Waals surface area (Å²) >= 11 is 0. The number of nitrogens with zero attached hydrogens (tertiary/aromatic N) is 2. The number of para-hydroxylation sites is 1. The Morgan fingerprint density at radius 1 is 0.673 bits per heavy atom. The molecule has 1 aliphatic rings. The van der Waals surface area contributed by atoms with Gasteiger partial charge in [-0.1, -0.05) is 84.9 Å². The van der Waals surface area contributed by atoms with Crippen LogP contribution in [-0.4, -0.2) is 64.7 Å². The molecule has 0 aromatic heterocycles. The standard InChI is InChI=1S/C39H34FN3O6/c40-39(38(46)47,49-33-16-8-3-9-17-33)37(45)41-31-19-21-32(22-20-31)48-34-18-10-15-30(27-34)36(44)43-25-23-42(24-26-43)35(28-11-4-1-5-12-28)29-13-6-2-7-14-29/h1-22,27,35H,23-26H2,(H,41,45)(H,46,47). The van der Waals surface area contributed by atoms with Crippen molar-refractivity contribution in [3.05, 3.63) is 156 Å². The zero-order valence-electron chi connectivity index (χ0n) is 26.4. The molecule has 0 bridgehead atoms. The first kappa shape index (κ1) is 32.9. The summed E-state index contributed by atoms with van der Waals surface area (Å²) in [6, 6.07) is 41.0. The molecule has 1 aliphatic heterocycles. The number of carboxylic acids is 1. The number of carboxylic acid groups (broad SMARTS) is 1. The van der Waals surface area contributed by atoms with Crippen LogP contribution in [-0.2, 0) is 9.59 Å².